The molecule has 5 heteroatoms. The molecule has 1 N–H and O–H groups in total. The Kier molecular flexibility index (Phi) is 5.99. The highest BCUT2D eigenvalue weighted by Crippen LogP contribution is 2.39. The monoisotopic (exact) mass is 424 g/mol. The van der Waals surface area contributed by atoms with E-state index < -0.39 is 0 Å². The molecule has 2 heterocycles. The standard InChI is InChI=1S/C27H28N4O/c32-27-26(29-28-23-11-5-2-6-12-23)24-13-7-8-14-25(24)31(27)20-30-17-15-22(16-18-30)19-21-9-3-1-4-10-21/h1-14,22,32H,15-20H2. The maximum atomic E-state index is 11.1. The third kappa shape index (κ3) is 4.43. The highest BCUT2D eigenvalue weighted by Gasteiger charge is 2.23. The first-order valence-electron chi connectivity index (χ1n) is 11.3. The Labute approximate surface area is 188 Å². The summed E-state index contributed by atoms with van der Waals surface area (Å²) in [5, 5.41) is 20.7. The average molecular weight is 425 g/mol. The van der Waals surface area contributed by atoms with Crippen molar-refractivity contribution in [3.63, 3.8) is 0 Å². The van der Waals surface area contributed by atoms with Crippen molar-refractivity contribution in [1.29, 1.82) is 0 Å². The molecule has 1 aliphatic heterocycles. The van der Waals surface area contributed by atoms with Crippen molar-refractivity contribution in [2.24, 2.45) is 16.1 Å². The second kappa shape index (κ2) is 9.37. The van der Waals surface area contributed by atoms with Gasteiger partial charge in [0.1, 0.15) is 0 Å². The molecule has 0 saturated carbocycles. The summed E-state index contributed by atoms with van der Waals surface area (Å²) in [6, 6.07) is 28.4. The fraction of sp³-hybridized carbons (Fsp3) is 0.259. The number of rotatable bonds is 6. The van der Waals surface area contributed by atoms with E-state index >= 15 is 0 Å². The summed E-state index contributed by atoms with van der Waals surface area (Å²) in [6.07, 6.45) is 3.50. The van der Waals surface area contributed by atoms with Crippen molar-refractivity contribution < 1.29 is 5.11 Å². The summed E-state index contributed by atoms with van der Waals surface area (Å²) in [5.41, 5.74) is 3.71. The van der Waals surface area contributed by atoms with E-state index in [2.05, 4.69) is 45.5 Å². The molecule has 162 valence electrons. The predicted octanol–water partition coefficient (Wildman–Crippen LogP) is 6.67. The minimum Gasteiger partial charge on any atom is -0.493 e. The van der Waals surface area contributed by atoms with Gasteiger partial charge in [0.25, 0.3) is 0 Å². The number of nitrogens with zero attached hydrogens (tertiary/aromatic N) is 4. The highest BCUT2D eigenvalue weighted by molar-refractivity contribution is 5.95. The molecule has 0 aliphatic carbocycles. The van der Waals surface area contributed by atoms with Crippen molar-refractivity contribution in [1.82, 2.24) is 9.47 Å². The smallest absolute Gasteiger partial charge is 0.221 e. The molecule has 0 amide bonds. The van der Waals surface area contributed by atoms with Gasteiger partial charge in [0.2, 0.25) is 5.88 Å². The lowest BCUT2D eigenvalue weighted by Gasteiger charge is -2.32. The first kappa shape index (κ1) is 20.5. The molecule has 0 radical (unpaired) electrons. The molecule has 3 aromatic carbocycles. The topological polar surface area (TPSA) is 53.1 Å². The van der Waals surface area contributed by atoms with Gasteiger partial charge in [-0.3, -0.25) is 9.47 Å². The molecule has 0 atom stereocenters. The second-order valence-corrected chi connectivity index (χ2v) is 8.55. The minimum absolute atomic E-state index is 0.178. The van der Waals surface area contributed by atoms with Gasteiger partial charge in [0.15, 0.2) is 5.69 Å². The fourth-order valence-electron chi connectivity index (χ4n) is 4.60. The van der Waals surface area contributed by atoms with E-state index in [1.165, 1.54) is 18.4 Å². The molecular formula is C27H28N4O. The Hall–Kier alpha value is -3.44. The molecule has 1 aromatic heterocycles. The number of piperidine rings is 1. The van der Waals surface area contributed by atoms with Crippen molar-refractivity contribution in [2.75, 3.05) is 13.1 Å². The minimum atomic E-state index is 0.178. The van der Waals surface area contributed by atoms with Gasteiger partial charge in [-0.2, -0.15) is 5.11 Å². The number of hydrogen-bond donors (Lipinski definition) is 1. The van der Waals surface area contributed by atoms with Gasteiger partial charge < -0.3 is 5.11 Å². The van der Waals surface area contributed by atoms with E-state index in [0.717, 1.165) is 42.0 Å². The van der Waals surface area contributed by atoms with Crippen LogP contribution in [0.3, 0.4) is 0 Å². The Morgan fingerprint density at radius 3 is 2.19 bits per heavy atom. The fourth-order valence-corrected chi connectivity index (χ4v) is 4.60. The predicted molar refractivity (Wildman–Crippen MR) is 129 cm³/mol. The average Bonchev–Trinajstić information content (AvgIpc) is 3.11. The molecule has 4 aromatic rings. The molecule has 0 unspecified atom stereocenters. The molecule has 5 rings (SSSR count). The lowest BCUT2D eigenvalue weighted by Crippen LogP contribution is -2.35. The third-order valence-electron chi connectivity index (χ3n) is 6.35. The van der Waals surface area contributed by atoms with Crippen LogP contribution in [0.1, 0.15) is 18.4 Å². The van der Waals surface area contributed by atoms with Gasteiger partial charge in [-0.1, -0.05) is 66.7 Å². The summed E-state index contributed by atoms with van der Waals surface area (Å²) in [7, 11) is 0. The SMILES string of the molecule is Oc1c(N=Nc2ccccc2)c2ccccc2n1CN1CCC(Cc2ccccc2)CC1. The Morgan fingerprint density at radius 2 is 1.44 bits per heavy atom. The van der Waals surface area contributed by atoms with Crippen LogP contribution in [0.5, 0.6) is 5.88 Å². The van der Waals surface area contributed by atoms with Gasteiger partial charge in [0.05, 0.1) is 17.9 Å². The van der Waals surface area contributed by atoms with Crippen molar-refractivity contribution in [2.45, 2.75) is 25.9 Å². The molecule has 0 bridgehead atoms. The Morgan fingerprint density at radius 1 is 0.781 bits per heavy atom. The first-order chi connectivity index (χ1) is 15.8. The van der Waals surface area contributed by atoms with Crippen molar-refractivity contribution in [3.8, 4) is 5.88 Å². The molecular weight excluding hydrogens is 396 g/mol. The van der Waals surface area contributed by atoms with Gasteiger partial charge in [-0.25, -0.2) is 0 Å². The van der Waals surface area contributed by atoms with Crippen LogP contribution in [0.15, 0.2) is 95.2 Å². The van der Waals surface area contributed by atoms with Gasteiger partial charge >= 0.3 is 0 Å². The van der Waals surface area contributed by atoms with Crippen LogP contribution >= 0.6 is 0 Å². The maximum Gasteiger partial charge on any atom is 0.221 e. The molecule has 1 saturated heterocycles. The normalized spacial score (nSPS) is 15.6. The van der Waals surface area contributed by atoms with Crippen LogP contribution in [-0.4, -0.2) is 27.7 Å². The number of azo groups is 1. The molecule has 32 heavy (non-hydrogen) atoms. The van der Waals surface area contributed by atoms with E-state index in [0.29, 0.717) is 12.4 Å². The number of aromatic hydroxyl groups is 1. The highest BCUT2D eigenvalue weighted by atomic mass is 16.3. The summed E-state index contributed by atoms with van der Waals surface area (Å²) < 4.78 is 1.96. The van der Waals surface area contributed by atoms with Crippen molar-refractivity contribution >= 4 is 22.3 Å². The Balaban J connectivity index is 1.32. The lowest BCUT2D eigenvalue weighted by atomic mass is 9.90. The maximum absolute atomic E-state index is 11.1. The zero-order chi connectivity index (χ0) is 21.8. The molecule has 0 spiro atoms. The number of hydrogen-bond acceptors (Lipinski definition) is 4. The zero-order valence-corrected chi connectivity index (χ0v) is 18.1. The van der Waals surface area contributed by atoms with Crippen LogP contribution in [-0.2, 0) is 13.1 Å². The third-order valence-corrected chi connectivity index (χ3v) is 6.35. The van der Waals surface area contributed by atoms with Crippen LogP contribution in [0, 0.1) is 5.92 Å². The van der Waals surface area contributed by atoms with Gasteiger partial charge in [-0.05, 0) is 48.9 Å². The van der Waals surface area contributed by atoms with E-state index in [4.69, 9.17) is 0 Å². The van der Waals surface area contributed by atoms with Gasteiger partial charge in [-0.15, -0.1) is 5.11 Å². The zero-order valence-electron chi connectivity index (χ0n) is 18.1. The van der Waals surface area contributed by atoms with Crippen LogP contribution in [0.25, 0.3) is 10.9 Å². The van der Waals surface area contributed by atoms with Crippen LogP contribution in [0.4, 0.5) is 11.4 Å². The largest absolute Gasteiger partial charge is 0.493 e. The number of benzene rings is 3. The summed E-state index contributed by atoms with van der Waals surface area (Å²) in [4.78, 5) is 2.42. The number of fused-ring (bicyclic) bond motifs is 1. The molecule has 5 nitrogen and oxygen atoms in total. The molecule has 1 aliphatic rings. The quantitative estimate of drug-likeness (QED) is 0.351. The second-order valence-electron chi connectivity index (χ2n) is 8.55. The van der Waals surface area contributed by atoms with Crippen molar-refractivity contribution in [3.05, 3.63) is 90.5 Å². The summed E-state index contributed by atoms with van der Waals surface area (Å²) in [5.74, 6) is 0.899. The number of para-hydroxylation sites is 1. The number of likely N-dealkylation sites (tertiary alicyclic amines) is 1. The van der Waals surface area contributed by atoms with E-state index in [1.54, 1.807) is 0 Å². The first-order valence-corrected chi connectivity index (χ1v) is 11.3. The lowest BCUT2D eigenvalue weighted by molar-refractivity contribution is 0.145. The summed E-state index contributed by atoms with van der Waals surface area (Å²) >= 11 is 0. The van der Waals surface area contributed by atoms with Crippen LogP contribution < -0.4 is 0 Å². The van der Waals surface area contributed by atoms with Crippen LogP contribution in [0.2, 0.25) is 0 Å². The summed E-state index contributed by atoms with van der Waals surface area (Å²) in [6.45, 7) is 2.72. The molecule has 1 fully saturated rings. The van der Waals surface area contributed by atoms with E-state index in [1.807, 2.05) is 59.2 Å². The van der Waals surface area contributed by atoms with E-state index in [-0.39, 0.29) is 5.88 Å². The Bertz CT molecular complexity index is 1190. The number of aromatic nitrogens is 1. The van der Waals surface area contributed by atoms with E-state index in [9.17, 15) is 5.11 Å². The van der Waals surface area contributed by atoms with Gasteiger partial charge in [0, 0.05) is 18.5 Å².